The van der Waals surface area contributed by atoms with E-state index in [9.17, 15) is 5.11 Å². The lowest BCUT2D eigenvalue weighted by Crippen LogP contribution is -2.30. The van der Waals surface area contributed by atoms with E-state index in [0.29, 0.717) is 13.2 Å². The SMILES string of the molecule is Cc1ccc2sc(C3(CO)OCCO3)cc2c1.OCCO. The molecule has 2 aromatic rings. The first-order valence-electron chi connectivity index (χ1n) is 6.76. The predicted molar refractivity (Wildman–Crippen MR) is 81.4 cm³/mol. The Balaban J connectivity index is 0.000000361. The van der Waals surface area contributed by atoms with Crippen LogP contribution in [0, 0.1) is 6.92 Å². The smallest absolute Gasteiger partial charge is 0.228 e. The van der Waals surface area contributed by atoms with Crippen LogP contribution in [-0.4, -0.2) is 48.4 Å². The van der Waals surface area contributed by atoms with Crippen molar-refractivity contribution in [2.24, 2.45) is 0 Å². The third kappa shape index (κ3) is 3.60. The van der Waals surface area contributed by atoms with Gasteiger partial charge in [-0.2, -0.15) is 0 Å². The number of aliphatic hydroxyl groups is 3. The van der Waals surface area contributed by atoms with Crippen molar-refractivity contribution in [2.75, 3.05) is 33.0 Å². The molecule has 1 saturated heterocycles. The van der Waals surface area contributed by atoms with Crippen molar-refractivity contribution in [3.05, 3.63) is 34.7 Å². The van der Waals surface area contributed by atoms with Gasteiger partial charge in [0.1, 0.15) is 6.61 Å². The van der Waals surface area contributed by atoms with Crippen LogP contribution in [0.2, 0.25) is 0 Å². The maximum atomic E-state index is 9.51. The molecule has 1 aromatic carbocycles. The molecule has 116 valence electrons. The number of fused-ring (bicyclic) bond motifs is 1. The fourth-order valence-electron chi connectivity index (χ4n) is 2.12. The first-order valence-corrected chi connectivity index (χ1v) is 7.58. The zero-order chi connectivity index (χ0) is 15.3. The molecule has 2 heterocycles. The number of hydrogen-bond acceptors (Lipinski definition) is 6. The second kappa shape index (κ2) is 7.31. The van der Waals surface area contributed by atoms with Crippen molar-refractivity contribution in [1.82, 2.24) is 0 Å². The number of aliphatic hydroxyl groups excluding tert-OH is 3. The summed E-state index contributed by atoms with van der Waals surface area (Å²) in [6, 6.07) is 8.37. The van der Waals surface area contributed by atoms with Crippen LogP contribution in [0.25, 0.3) is 10.1 Å². The molecule has 1 aliphatic heterocycles. The number of rotatable bonds is 3. The summed E-state index contributed by atoms with van der Waals surface area (Å²) in [5.74, 6) is -0.933. The lowest BCUT2D eigenvalue weighted by Gasteiger charge is -2.22. The third-order valence-electron chi connectivity index (χ3n) is 3.11. The maximum Gasteiger partial charge on any atom is 0.228 e. The lowest BCUT2D eigenvalue weighted by atomic mass is 10.1. The van der Waals surface area contributed by atoms with E-state index in [1.807, 2.05) is 0 Å². The second-order valence-corrected chi connectivity index (χ2v) is 5.79. The molecule has 0 amide bonds. The zero-order valence-corrected chi connectivity index (χ0v) is 12.7. The van der Waals surface area contributed by atoms with Gasteiger partial charge < -0.3 is 24.8 Å². The van der Waals surface area contributed by atoms with Crippen LogP contribution in [-0.2, 0) is 15.3 Å². The molecular weight excluding hydrogens is 292 g/mol. The Morgan fingerprint density at radius 1 is 1.10 bits per heavy atom. The summed E-state index contributed by atoms with van der Waals surface area (Å²) in [5.41, 5.74) is 1.23. The van der Waals surface area contributed by atoms with Gasteiger partial charge in [-0.15, -0.1) is 11.3 Å². The van der Waals surface area contributed by atoms with Gasteiger partial charge in [-0.25, -0.2) is 0 Å². The van der Waals surface area contributed by atoms with Crippen LogP contribution in [0.4, 0.5) is 0 Å². The minimum Gasteiger partial charge on any atom is -0.394 e. The van der Waals surface area contributed by atoms with Crippen molar-refractivity contribution < 1.29 is 24.8 Å². The summed E-state index contributed by atoms with van der Waals surface area (Å²) in [7, 11) is 0. The van der Waals surface area contributed by atoms with Gasteiger partial charge in [0, 0.05) is 4.70 Å². The van der Waals surface area contributed by atoms with Crippen LogP contribution in [0.3, 0.4) is 0 Å². The Kier molecular flexibility index (Phi) is 5.69. The van der Waals surface area contributed by atoms with E-state index in [1.54, 1.807) is 11.3 Å². The van der Waals surface area contributed by atoms with Crippen molar-refractivity contribution in [3.8, 4) is 0 Å². The zero-order valence-electron chi connectivity index (χ0n) is 11.9. The Bertz CT molecular complexity index is 572. The van der Waals surface area contributed by atoms with Gasteiger partial charge in [0.05, 0.1) is 31.3 Å². The Morgan fingerprint density at radius 2 is 1.76 bits per heavy atom. The molecule has 3 rings (SSSR count). The van der Waals surface area contributed by atoms with Gasteiger partial charge in [-0.1, -0.05) is 17.7 Å². The minimum atomic E-state index is -0.933. The predicted octanol–water partition coefficient (Wildman–Crippen LogP) is 1.37. The first-order chi connectivity index (χ1) is 10.1. The van der Waals surface area contributed by atoms with E-state index in [0.717, 1.165) is 4.88 Å². The summed E-state index contributed by atoms with van der Waals surface area (Å²) in [5, 5.41) is 25.9. The average molecular weight is 312 g/mol. The van der Waals surface area contributed by atoms with Crippen LogP contribution in [0.1, 0.15) is 10.4 Å². The fraction of sp³-hybridized carbons (Fsp3) is 0.467. The summed E-state index contributed by atoms with van der Waals surface area (Å²) in [6.45, 7) is 2.75. The highest BCUT2D eigenvalue weighted by Crippen LogP contribution is 2.38. The Morgan fingerprint density at radius 3 is 2.33 bits per heavy atom. The molecule has 3 N–H and O–H groups in total. The maximum absolute atomic E-state index is 9.51. The molecule has 1 aromatic heterocycles. The van der Waals surface area contributed by atoms with Gasteiger partial charge in [0.2, 0.25) is 5.79 Å². The van der Waals surface area contributed by atoms with Gasteiger partial charge in [0.15, 0.2) is 0 Å². The third-order valence-corrected chi connectivity index (χ3v) is 4.35. The molecule has 0 spiro atoms. The van der Waals surface area contributed by atoms with E-state index in [2.05, 4.69) is 31.2 Å². The van der Waals surface area contributed by atoms with Gasteiger partial charge in [-0.3, -0.25) is 0 Å². The molecule has 0 atom stereocenters. The van der Waals surface area contributed by atoms with Gasteiger partial charge in [-0.05, 0) is 24.4 Å². The monoisotopic (exact) mass is 312 g/mol. The van der Waals surface area contributed by atoms with E-state index >= 15 is 0 Å². The molecule has 0 radical (unpaired) electrons. The average Bonchev–Trinajstić information content (AvgIpc) is 3.14. The van der Waals surface area contributed by atoms with Gasteiger partial charge in [0.25, 0.3) is 0 Å². The highest BCUT2D eigenvalue weighted by Gasteiger charge is 2.39. The standard InChI is InChI=1S/C13H14O3S.C2H6O2/c1-9-2-3-11-10(6-9)7-12(17-11)13(8-14)15-4-5-16-13;3-1-2-4/h2-3,6-7,14H,4-5,8H2,1H3;3-4H,1-2H2. The van der Waals surface area contributed by atoms with Crippen LogP contribution < -0.4 is 0 Å². The van der Waals surface area contributed by atoms with Crippen LogP contribution in [0.15, 0.2) is 24.3 Å². The topological polar surface area (TPSA) is 79.2 Å². The van der Waals surface area contributed by atoms with E-state index in [-0.39, 0.29) is 19.8 Å². The molecule has 0 saturated carbocycles. The molecule has 6 heteroatoms. The highest BCUT2D eigenvalue weighted by atomic mass is 32.1. The molecule has 1 fully saturated rings. The lowest BCUT2D eigenvalue weighted by molar-refractivity contribution is -0.188. The van der Waals surface area contributed by atoms with Crippen LogP contribution in [0.5, 0.6) is 0 Å². The van der Waals surface area contributed by atoms with Crippen molar-refractivity contribution in [3.63, 3.8) is 0 Å². The van der Waals surface area contributed by atoms with E-state index in [1.165, 1.54) is 15.6 Å². The molecule has 0 unspecified atom stereocenters. The molecule has 0 bridgehead atoms. The van der Waals surface area contributed by atoms with Crippen molar-refractivity contribution >= 4 is 21.4 Å². The second-order valence-electron chi connectivity index (χ2n) is 4.71. The van der Waals surface area contributed by atoms with Crippen LogP contribution >= 0.6 is 11.3 Å². The first kappa shape index (κ1) is 16.4. The largest absolute Gasteiger partial charge is 0.394 e. The summed E-state index contributed by atoms with van der Waals surface area (Å²) < 4.78 is 12.3. The number of hydrogen-bond donors (Lipinski definition) is 3. The minimum absolute atomic E-state index is 0.125. The highest BCUT2D eigenvalue weighted by molar-refractivity contribution is 7.19. The number of benzene rings is 1. The summed E-state index contributed by atoms with van der Waals surface area (Å²) >= 11 is 1.62. The van der Waals surface area contributed by atoms with Gasteiger partial charge >= 0.3 is 0 Å². The fourth-order valence-corrected chi connectivity index (χ4v) is 3.25. The molecular formula is C15H20O5S. The Hall–Kier alpha value is -1.02. The van der Waals surface area contributed by atoms with Crippen molar-refractivity contribution in [1.29, 1.82) is 0 Å². The number of thiophene rings is 1. The number of ether oxygens (including phenoxy) is 2. The van der Waals surface area contributed by atoms with E-state index < -0.39 is 5.79 Å². The summed E-state index contributed by atoms with van der Waals surface area (Å²) in [4.78, 5) is 0.943. The Labute approximate surface area is 127 Å². The number of aryl methyl sites for hydroxylation is 1. The van der Waals surface area contributed by atoms with E-state index in [4.69, 9.17) is 19.7 Å². The molecule has 0 aliphatic carbocycles. The quantitative estimate of drug-likeness (QED) is 0.798. The molecule has 1 aliphatic rings. The molecule has 5 nitrogen and oxygen atoms in total. The normalized spacial score (nSPS) is 16.8. The molecule has 21 heavy (non-hydrogen) atoms. The summed E-state index contributed by atoms with van der Waals surface area (Å²) in [6.07, 6.45) is 0. The van der Waals surface area contributed by atoms with Crippen molar-refractivity contribution in [2.45, 2.75) is 12.7 Å².